The Kier molecular flexibility index (Phi) is 9.05. The van der Waals surface area contributed by atoms with Crippen LogP contribution in [0.2, 0.25) is 0 Å². The van der Waals surface area contributed by atoms with Crippen LogP contribution in [-0.2, 0) is 0 Å². The van der Waals surface area contributed by atoms with Crippen molar-refractivity contribution in [3.05, 3.63) is 5.69 Å². The number of likely N-dealkylation sites (N-methyl/N-ethyl adjacent to an activating group) is 3. The van der Waals surface area contributed by atoms with E-state index in [1.165, 1.54) is 0 Å². The van der Waals surface area contributed by atoms with Gasteiger partial charge in [0, 0.05) is 105 Å². The van der Waals surface area contributed by atoms with Gasteiger partial charge in [-0.15, -0.1) is 0 Å². The van der Waals surface area contributed by atoms with Crippen LogP contribution >= 0.6 is 0 Å². The molecule has 12 heteroatoms. The fraction of sp³-hybridized carbons (Fsp3) is 0.769. The Hall–Kier alpha value is -2.38. The lowest BCUT2D eigenvalue weighted by Gasteiger charge is -2.33. The number of nitrogens with one attached hydrogen (secondary N) is 2. The summed E-state index contributed by atoms with van der Waals surface area (Å²) >= 11 is 0. The highest BCUT2D eigenvalue weighted by Gasteiger charge is 2.21. The molecule has 210 valence electrons. The van der Waals surface area contributed by atoms with Gasteiger partial charge < -0.3 is 30.2 Å². The van der Waals surface area contributed by atoms with E-state index in [0.717, 1.165) is 134 Å². The maximum Gasteiger partial charge on any atom is 0.229 e. The van der Waals surface area contributed by atoms with Gasteiger partial charge in [0.15, 0.2) is 17.0 Å². The summed E-state index contributed by atoms with van der Waals surface area (Å²) in [5.41, 5.74) is 2.29. The first kappa shape index (κ1) is 27.2. The third-order valence-electron chi connectivity index (χ3n) is 8.11. The van der Waals surface area contributed by atoms with E-state index >= 15 is 0 Å². The molecule has 2 aromatic heterocycles. The number of anilines is 3. The molecular formula is C26H46N12. The highest BCUT2D eigenvalue weighted by atomic mass is 15.3. The standard InChI is InChI=1S/C26H46N12/c1-21-23(27-5-7-36-15-9-33(2)10-16-36)30-25-22(29-21)24(28-6-8-37-17-11-34(3)12-18-37)31-26(32-25)38-19-13-35(4)14-20-38/h5-20H2,1-4H3,(H2,27,28,30,31,32). The topological polar surface area (TPSA) is 95.1 Å². The van der Waals surface area contributed by atoms with Crippen LogP contribution in [0.5, 0.6) is 0 Å². The van der Waals surface area contributed by atoms with E-state index in [9.17, 15) is 0 Å². The van der Waals surface area contributed by atoms with Crippen molar-refractivity contribution in [2.24, 2.45) is 0 Å². The van der Waals surface area contributed by atoms with Gasteiger partial charge in [-0.1, -0.05) is 0 Å². The van der Waals surface area contributed by atoms with Crippen LogP contribution < -0.4 is 15.5 Å². The molecule has 12 nitrogen and oxygen atoms in total. The normalized spacial score (nSPS) is 21.3. The molecule has 2 aromatic rings. The summed E-state index contributed by atoms with van der Waals surface area (Å²) in [6.07, 6.45) is 0. The molecule has 3 aliphatic rings. The number of hydrogen-bond donors (Lipinski definition) is 2. The zero-order valence-electron chi connectivity index (χ0n) is 23.8. The highest BCUT2D eigenvalue weighted by Crippen LogP contribution is 2.24. The lowest BCUT2D eigenvalue weighted by Crippen LogP contribution is -2.46. The van der Waals surface area contributed by atoms with Gasteiger partial charge in [0.2, 0.25) is 5.95 Å². The van der Waals surface area contributed by atoms with Crippen LogP contribution in [0.15, 0.2) is 0 Å². The molecule has 5 rings (SSSR count). The molecule has 38 heavy (non-hydrogen) atoms. The molecule has 0 aromatic carbocycles. The Morgan fingerprint density at radius 2 is 1.08 bits per heavy atom. The number of fused-ring (bicyclic) bond motifs is 1. The Morgan fingerprint density at radius 1 is 0.579 bits per heavy atom. The Bertz CT molecular complexity index is 1040. The molecule has 0 bridgehead atoms. The van der Waals surface area contributed by atoms with E-state index in [0.29, 0.717) is 5.65 Å². The molecular weight excluding hydrogens is 480 g/mol. The number of hydrogen-bond acceptors (Lipinski definition) is 12. The van der Waals surface area contributed by atoms with Gasteiger partial charge in [-0.25, -0.2) is 9.97 Å². The van der Waals surface area contributed by atoms with Gasteiger partial charge in [0.05, 0.1) is 5.69 Å². The van der Waals surface area contributed by atoms with Gasteiger partial charge in [0.1, 0.15) is 5.82 Å². The largest absolute Gasteiger partial charge is 0.367 e. The van der Waals surface area contributed by atoms with E-state index in [1.54, 1.807) is 0 Å². The minimum absolute atomic E-state index is 0.656. The van der Waals surface area contributed by atoms with Gasteiger partial charge in [-0.05, 0) is 28.1 Å². The van der Waals surface area contributed by atoms with Crippen molar-refractivity contribution in [2.75, 3.05) is 141 Å². The number of rotatable bonds is 9. The zero-order valence-corrected chi connectivity index (χ0v) is 23.8. The molecule has 0 unspecified atom stereocenters. The molecule has 3 aliphatic heterocycles. The second kappa shape index (κ2) is 12.6. The summed E-state index contributed by atoms with van der Waals surface area (Å²) in [4.78, 5) is 34.2. The van der Waals surface area contributed by atoms with Crippen molar-refractivity contribution in [2.45, 2.75) is 6.92 Å². The Morgan fingerprint density at radius 3 is 1.63 bits per heavy atom. The van der Waals surface area contributed by atoms with Crippen molar-refractivity contribution >= 4 is 28.7 Å². The zero-order chi connectivity index (χ0) is 26.5. The van der Waals surface area contributed by atoms with Gasteiger partial charge in [0.25, 0.3) is 0 Å². The minimum Gasteiger partial charge on any atom is -0.367 e. The molecule has 0 amide bonds. The van der Waals surface area contributed by atoms with Crippen LogP contribution in [0.4, 0.5) is 17.6 Å². The van der Waals surface area contributed by atoms with Crippen LogP contribution in [0.3, 0.4) is 0 Å². The molecule has 3 saturated heterocycles. The SMILES string of the molecule is Cc1nc2c(NCCN3CCN(C)CC3)nc(N3CCN(C)CC3)nc2nc1NCCN1CCN(C)CC1. The second-order valence-electron chi connectivity index (χ2n) is 11.1. The first-order chi connectivity index (χ1) is 18.4. The monoisotopic (exact) mass is 526 g/mol. The predicted octanol–water partition coefficient (Wildman–Crippen LogP) is -0.201. The first-order valence-corrected chi connectivity index (χ1v) is 14.2. The molecule has 5 heterocycles. The lowest BCUT2D eigenvalue weighted by molar-refractivity contribution is 0.158. The fourth-order valence-electron chi connectivity index (χ4n) is 5.27. The number of nitrogens with zero attached hydrogens (tertiary/aromatic N) is 10. The number of piperazine rings is 3. The molecule has 0 radical (unpaired) electrons. The van der Waals surface area contributed by atoms with Crippen LogP contribution in [0.25, 0.3) is 11.2 Å². The summed E-state index contributed by atoms with van der Waals surface area (Å²) in [5.74, 6) is 2.35. The number of aryl methyl sites for hydroxylation is 1. The van der Waals surface area contributed by atoms with Crippen molar-refractivity contribution in [1.82, 2.24) is 44.4 Å². The third-order valence-corrected chi connectivity index (χ3v) is 8.11. The van der Waals surface area contributed by atoms with Crippen LogP contribution in [-0.4, -0.2) is 170 Å². The third kappa shape index (κ3) is 6.97. The van der Waals surface area contributed by atoms with Crippen molar-refractivity contribution in [1.29, 1.82) is 0 Å². The van der Waals surface area contributed by atoms with E-state index in [4.69, 9.17) is 19.9 Å². The van der Waals surface area contributed by atoms with E-state index in [2.05, 4.69) is 61.2 Å². The predicted molar refractivity (Wildman–Crippen MR) is 154 cm³/mol. The highest BCUT2D eigenvalue weighted by molar-refractivity contribution is 5.85. The maximum atomic E-state index is 4.97. The average Bonchev–Trinajstić information content (AvgIpc) is 2.92. The molecule has 0 atom stereocenters. The summed E-state index contributed by atoms with van der Waals surface area (Å²) in [6, 6.07) is 0. The smallest absolute Gasteiger partial charge is 0.229 e. The van der Waals surface area contributed by atoms with Gasteiger partial charge in [-0.2, -0.15) is 9.97 Å². The summed E-state index contributed by atoms with van der Waals surface area (Å²) in [6.45, 7) is 18.5. The van der Waals surface area contributed by atoms with E-state index in [1.807, 2.05) is 6.92 Å². The first-order valence-electron chi connectivity index (χ1n) is 14.2. The van der Waals surface area contributed by atoms with Crippen molar-refractivity contribution in [3.8, 4) is 0 Å². The summed E-state index contributed by atoms with van der Waals surface area (Å²) < 4.78 is 0. The Balaban J connectivity index is 1.30. The van der Waals surface area contributed by atoms with Crippen molar-refractivity contribution < 1.29 is 0 Å². The van der Waals surface area contributed by atoms with Crippen LogP contribution in [0, 0.1) is 6.92 Å². The lowest BCUT2D eigenvalue weighted by atomic mass is 10.3. The Labute approximate surface area is 227 Å². The molecule has 3 fully saturated rings. The maximum absolute atomic E-state index is 4.97. The summed E-state index contributed by atoms with van der Waals surface area (Å²) in [7, 11) is 6.55. The van der Waals surface area contributed by atoms with Gasteiger partial charge in [-0.3, -0.25) is 9.80 Å². The van der Waals surface area contributed by atoms with Crippen LogP contribution in [0.1, 0.15) is 5.69 Å². The molecule has 0 saturated carbocycles. The molecule has 2 N–H and O–H groups in total. The van der Waals surface area contributed by atoms with Crippen molar-refractivity contribution in [3.63, 3.8) is 0 Å². The number of aromatic nitrogens is 4. The molecule has 0 aliphatic carbocycles. The van der Waals surface area contributed by atoms with E-state index in [-0.39, 0.29) is 0 Å². The van der Waals surface area contributed by atoms with Gasteiger partial charge >= 0.3 is 0 Å². The minimum atomic E-state index is 0.656. The van der Waals surface area contributed by atoms with E-state index < -0.39 is 0 Å². The fourth-order valence-corrected chi connectivity index (χ4v) is 5.27. The molecule has 0 spiro atoms. The quantitative estimate of drug-likeness (QED) is 0.453. The second-order valence-corrected chi connectivity index (χ2v) is 11.1. The average molecular weight is 527 g/mol. The summed E-state index contributed by atoms with van der Waals surface area (Å²) in [5, 5.41) is 7.13.